The summed E-state index contributed by atoms with van der Waals surface area (Å²) in [5, 5.41) is 1.27. The number of anilines is 1. The maximum absolute atomic E-state index is 13.8. The molecule has 1 aliphatic heterocycles. The van der Waals surface area contributed by atoms with Crippen molar-refractivity contribution in [3.63, 3.8) is 0 Å². The Hall–Kier alpha value is -3.67. The van der Waals surface area contributed by atoms with Crippen molar-refractivity contribution in [1.29, 1.82) is 0 Å². The van der Waals surface area contributed by atoms with Gasteiger partial charge in [0.25, 0.3) is 11.1 Å². The van der Waals surface area contributed by atoms with Gasteiger partial charge in [-0.15, -0.1) is 0 Å². The van der Waals surface area contributed by atoms with Gasteiger partial charge in [0, 0.05) is 0 Å². The number of hydrogen-bond acceptors (Lipinski definition) is 7. The fourth-order valence-corrected chi connectivity index (χ4v) is 3.77. The molecule has 0 saturated carbocycles. The second kappa shape index (κ2) is 9.86. The highest BCUT2D eigenvalue weighted by Crippen LogP contribution is 2.40. The molecule has 8 nitrogen and oxygen atoms in total. The number of hydrogen-bond donors (Lipinski definition) is 1. The van der Waals surface area contributed by atoms with E-state index in [4.69, 9.17) is 14.2 Å². The molecule has 3 amide bonds. The van der Waals surface area contributed by atoms with Crippen LogP contribution in [0, 0.1) is 17.5 Å². The molecule has 1 aliphatic rings. The van der Waals surface area contributed by atoms with Gasteiger partial charge in [0.2, 0.25) is 11.7 Å². The predicted octanol–water partition coefficient (Wildman–Crippen LogP) is 3.80. The molecule has 12 heteroatoms. The summed E-state index contributed by atoms with van der Waals surface area (Å²) < 4.78 is 55.8. The first-order chi connectivity index (χ1) is 15.7. The lowest BCUT2D eigenvalue weighted by Gasteiger charge is -2.13. The molecule has 33 heavy (non-hydrogen) atoms. The van der Waals surface area contributed by atoms with Gasteiger partial charge >= 0.3 is 0 Å². The van der Waals surface area contributed by atoms with Gasteiger partial charge in [0.15, 0.2) is 29.0 Å². The summed E-state index contributed by atoms with van der Waals surface area (Å²) in [4.78, 5) is 37.8. The Balaban J connectivity index is 1.79. The lowest BCUT2D eigenvalue weighted by atomic mass is 10.1. The second-order valence-electron chi connectivity index (χ2n) is 6.50. The minimum absolute atomic E-state index is 0.0149. The Morgan fingerprint density at radius 2 is 1.67 bits per heavy atom. The summed E-state index contributed by atoms with van der Waals surface area (Å²) in [5.41, 5.74) is -0.165. The summed E-state index contributed by atoms with van der Waals surface area (Å²) in [6.45, 7) is -0.754. The van der Waals surface area contributed by atoms with E-state index in [0.29, 0.717) is 45.5 Å². The smallest absolute Gasteiger partial charge is 0.294 e. The topological polar surface area (TPSA) is 94.2 Å². The van der Waals surface area contributed by atoms with E-state index < -0.39 is 46.7 Å². The lowest BCUT2D eigenvalue weighted by molar-refractivity contribution is -0.127. The third kappa shape index (κ3) is 4.90. The lowest BCUT2D eigenvalue weighted by Crippen LogP contribution is -2.36. The van der Waals surface area contributed by atoms with Crippen molar-refractivity contribution in [2.45, 2.75) is 0 Å². The van der Waals surface area contributed by atoms with Crippen molar-refractivity contribution in [1.82, 2.24) is 4.90 Å². The van der Waals surface area contributed by atoms with Crippen molar-refractivity contribution in [3.8, 4) is 17.2 Å². The van der Waals surface area contributed by atoms with E-state index in [0.717, 1.165) is 6.07 Å². The number of methoxy groups -OCH3 is 3. The van der Waals surface area contributed by atoms with Crippen LogP contribution >= 0.6 is 11.8 Å². The third-order valence-corrected chi connectivity index (χ3v) is 5.38. The van der Waals surface area contributed by atoms with E-state index in [1.54, 1.807) is 12.1 Å². The quantitative estimate of drug-likeness (QED) is 0.474. The normalized spacial score (nSPS) is 14.6. The molecular formula is C21H17F3N2O6S. The van der Waals surface area contributed by atoms with Crippen molar-refractivity contribution in [3.05, 3.63) is 52.2 Å². The van der Waals surface area contributed by atoms with Crippen LogP contribution in [0.25, 0.3) is 6.08 Å². The van der Waals surface area contributed by atoms with Gasteiger partial charge in [-0.1, -0.05) is 0 Å². The number of imide groups is 1. The van der Waals surface area contributed by atoms with Crippen LogP contribution in [0.1, 0.15) is 5.56 Å². The van der Waals surface area contributed by atoms with Crippen LogP contribution in [0.3, 0.4) is 0 Å². The van der Waals surface area contributed by atoms with Crippen molar-refractivity contribution < 1.29 is 41.8 Å². The monoisotopic (exact) mass is 482 g/mol. The van der Waals surface area contributed by atoms with E-state index in [2.05, 4.69) is 0 Å². The fourth-order valence-electron chi connectivity index (χ4n) is 2.93. The molecule has 1 N–H and O–H groups in total. The van der Waals surface area contributed by atoms with Crippen LogP contribution in [0.2, 0.25) is 0 Å². The number of amides is 3. The summed E-state index contributed by atoms with van der Waals surface area (Å²) in [6, 6.07) is 4.58. The van der Waals surface area contributed by atoms with Gasteiger partial charge in [-0.3, -0.25) is 19.3 Å². The molecule has 0 unspecified atom stereocenters. The van der Waals surface area contributed by atoms with Crippen LogP contribution in [-0.2, 0) is 9.59 Å². The highest BCUT2D eigenvalue weighted by molar-refractivity contribution is 8.18. The summed E-state index contributed by atoms with van der Waals surface area (Å²) >= 11 is 0.591. The molecule has 0 aromatic heterocycles. The van der Waals surface area contributed by atoms with Crippen LogP contribution in [0.15, 0.2) is 29.2 Å². The van der Waals surface area contributed by atoms with Crippen molar-refractivity contribution in [2.24, 2.45) is 0 Å². The third-order valence-electron chi connectivity index (χ3n) is 4.47. The van der Waals surface area contributed by atoms with Gasteiger partial charge in [-0.05, 0) is 47.7 Å². The number of benzene rings is 2. The number of carbonyl (C=O) groups is 3. The molecular weight excluding hydrogens is 465 g/mol. The van der Waals surface area contributed by atoms with Crippen LogP contribution in [0.4, 0.5) is 23.7 Å². The molecule has 0 spiro atoms. The average Bonchev–Trinajstić information content (AvgIpc) is 3.05. The minimum Gasteiger partial charge on any atom is -0.493 e. The summed E-state index contributed by atoms with van der Waals surface area (Å²) in [7, 11) is 4.27. The molecule has 174 valence electrons. The number of halogens is 3. The zero-order valence-electron chi connectivity index (χ0n) is 17.5. The molecule has 1 saturated heterocycles. The second-order valence-corrected chi connectivity index (χ2v) is 7.49. The zero-order valence-corrected chi connectivity index (χ0v) is 18.3. The maximum Gasteiger partial charge on any atom is 0.294 e. The number of carbonyl (C=O) groups excluding carboxylic acids is 3. The van der Waals surface area contributed by atoms with Gasteiger partial charge in [0.1, 0.15) is 6.54 Å². The molecule has 0 bridgehead atoms. The van der Waals surface area contributed by atoms with Crippen molar-refractivity contribution in [2.75, 3.05) is 33.2 Å². The summed E-state index contributed by atoms with van der Waals surface area (Å²) in [5.74, 6) is -5.52. The Labute approximate surface area is 190 Å². The summed E-state index contributed by atoms with van der Waals surface area (Å²) in [6.07, 6.45) is 1.41. The minimum atomic E-state index is -1.76. The molecule has 0 radical (unpaired) electrons. The Morgan fingerprint density at radius 3 is 2.24 bits per heavy atom. The van der Waals surface area contributed by atoms with Gasteiger partial charge in [-0.25, -0.2) is 13.2 Å². The van der Waals surface area contributed by atoms with E-state index in [9.17, 15) is 27.6 Å². The molecule has 0 atom stereocenters. The Bertz CT molecular complexity index is 1150. The molecule has 2 aromatic rings. The van der Waals surface area contributed by atoms with Crippen LogP contribution < -0.4 is 19.5 Å². The number of ether oxygens (including phenoxy) is 3. The number of nitrogens with zero attached hydrogens (tertiary/aromatic N) is 1. The van der Waals surface area contributed by atoms with E-state index in [-0.39, 0.29) is 4.91 Å². The van der Waals surface area contributed by atoms with Gasteiger partial charge in [0.05, 0.1) is 31.9 Å². The van der Waals surface area contributed by atoms with Crippen molar-refractivity contribution >= 4 is 40.6 Å². The van der Waals surface area contributed by atoms with E-state index in [1.165, 1.54) is 27.4 Å². The Morgan fingerprint density at radius 1 is 1.03 bits per heavy atom. The number of nitrogens with one attached hydrogen (secondary N) is 1. The molecule has 2 aromatic carbocycles. The average molecular weight is 482 g/mol. The number of rotatable bonds is 7. The van der Waals surface area contributed by atoms with Crippen LogP contribution in [0.5, 0.6) is 17.2 Å². The Kier molecular flexibility index (Phi) is 7.16. The molecule has 0 aliphatic carbocycles. The van der Waals surface area contributed by atoms with Crippen LogP contribution in [-0.4, -0.2) is 49.8 Å². The predicted molar refractivity (Wildman–Crippen MR) is 114 cm³/mol. The van der Waals surface area contributed by atoms with E-state index in [1.807, 2.05) is 5.32 Å². The SMILES string of the molecule is COc1cc(/C=C2/SC(=O)N(CC(=O)Nc3ccc(F)c(F)c3F)C2=O)cc(OC)c1OC. The number of thioether (sulfide) groups is 1. The molecule has 3 rings (SSSR count). The highest BCUT2D eigenvalue weighted by Gasteiger charge is 2.36. The molecule has 1 fully saturated rings. The molecule has 1 heterocycles. The van der Waals surface area contributed by atoms with E-state index >= 15 is 0 Å². The maximum atomic E-state index is 13.8. The highest BCUT2D eigenvalue weighted by atomic mass is 32.2. The largest absolute Gasteiger partial charge is 0.493 e. The fraction of sp³-hybridized carbons (Fsp3) is 0.190. The first-order valence-electron chi connectivity index (χ1n) is 9.18. The van der Waals surface area contributed by atoms with Gasteiger partial charge < -0.3 is 19.5 Å². The zero-order chi connectivity index (χ0) is 24.3. The first-order valence-corrected chi connectivity index (χ1v) is 10.0. The van der Waals surface area contributed by atoms with Gasteiger partial charge in [-0.2, -0.15) is 0 Å². The standard InChI is InChI=1S/C21H17F3N2O6S/c1-30-13-6-10(7-14(31-2)19(13)32-3)8-15-20(28)26(21(29)33-15)9-16(27)25-12-5-4-11(22)17(23)18(12)24/h4-8H,9H2,1-3H3,(H,25,27)/b15-8+. The first kappa shape index (κ1) is 24.0.